The Morgan fingerprint density at radius 1 is 1.20 bits per heavy atom. The van der Waals surface area contributed by atoms with Gasteiger partial charge in [0.05, 0.1) is 15.1 Å². The van der Waals surface area contributed by atoms with Crippen molar-refractivity contribution in [3.05, 3.63) is 18.2 Å². The second-order valence-corrected chi connectivity index (χ2v) is 12.2. The molecule has 2 N–H and O–H groups in total. The summed E-state index contributed by atoms with van der Waals surface area (Å²) >= 11 is 3.29. The lowest BCUT2D eigenvalue weighted by atomic mass is 9.91. The Bertz CT molecular complexity index is 1000. The number of aromatic nitrogens is 1. The third-order valence-electron chi connectivity index (χ3n) is 5.98. The molecule has 0 radical (unpaired) electrons. The van der Waals surface area contributed by atoms with Gasteiger partial charge in [-0.05, 0) is 49.8 Å². The predicted molar refractivity (Wildman–Crippen MR) is 118 cm³/mol. The number of sulfonamides is 1. The minimum atomic E-state index is -3.84. The number of thiazole rings is 1. The molecule has 2 fully saturated rings. The maximum atomic E-state index is 13.2. The van der Waals surface area contributed by atoms with Gasteiger partial charge in [-0.1, -0.05) is 37.4 Å². The van der Waals surface area contributed by atoms with E-state index in [0.29, 0.717) is 12.8 Å². The van der Waals surface area contributed by atoms with Gasteiger partial charge < -0.3 is 0 Å². The Morgan fingerprint density at radius 3 is 2.73 bits per heavy atom. The summed E-state index contributed by atoms with van der Waals surface area (Å²) < 4.78 is 29.5. The molecule has 10 heteroatoms. The lowest BCUT2D eigenvalue weighted by molar-refractivity contribution is -0.134. The lowest BCUT2D eigenvalue weighted by Gasteiger charge is -2.33. The molecule has 4 rings (SSSR count). The molecule has 1 atom stereocenters. The van der Waals surface area contributed by atoms with Gasteiger partial charge in [-0.15, -0.1) is 11.3 Å². The first-order valence-electron chi connectivity index (χ1n) is 10.5. The maximum Gasteiger partial charge on any atom is 0.261 e. The van der Waals surface area contributed by atoms with Crippen molar-refractivity contribution in [3.63, 3.8) is 0 Å². The fourth-order valence-corrected chi connectivity index (χ4v) is 8.39. The molecule has 1 aromatic carbocycles. The third-order valence-corrected chi connectivity index (χ3v) is 10.3. The highest BCUT2D eigenvalue weighted by Crippen LogP contribution is 2.35. The van der Waals surface area contributed by atoms with Crippen molar-refractivity contribution in [2.45, 2.75) is 66.6 Å². The Hall–Kier alpha value is -1.20. The Morgan fingerprint density at radius 2 is 1.97 bits per heavy atom. The Kier molecular flexibility index (Phi) is 6.98. The monoisotopic (exact) mass is 469 g/mol. The van der Waals surface area contributed by atoms with E-state index in [4.69, 9.17) is 5.21 Å². The Labute approximate surface area is 185 Å². The second kappa shape index (κ2) is 9.52. The zero-order valence-corrected chi connectivity index (χ0v) is 19.2. The van der Waals surface area contributed by atoms with Gasteiger partial charge >= 0.3 is 0 Å². The number of amides is 1. The fraction of sp³-hybridized carbons (Fsp3) is 0.600. The number of hydrogen-bond donors (Lipinski definition) is 2. The Balaban J connectivity index is 1.53. The van der Waals surface area contributed by atoms with Crippen LogP contribution < -0.4 is 5.48 Å². The van der Waals surface area contributed by atoms with Gasteiger partial charge in [0, 0.05) is 12.3 Å². The van der Waals surface area contributed by atoms with Crippen LogP contribution in [0.25, 0.3) is 10.2 Å². The molecule has 1 unspecified atom stereocenters. The number of piperidine rings is 1. The highest BCUT2D eigenvalue weighted by molar-refractivity contribution is 8.01. The lowest BCUT2D eigenvalue weighted by Crippen LogP contribution is -2.51. The first-order valence-corrected chi connectivity index (χ1v) is 13.7. The fourth-order valence-electron chi connectivity index (χ4n) is 4.31. The molecule has 2 aromatic rings. The molecule has 2 heterocycles. The van der Waals surface area contributed by atoms with E-state index in [1.807, 2.05) is 0 Å². The first kappa shape index (κ1) is 22.0. The molecular weight excluding hydrogens is 442 g/mol. The standard InChI is InChI=1S/C20H27N3O4S3/c24-19(22-25)17-8-4-5-11-23(17)30(26,27)15-9-10-16-18(12-15)29-20(21-16)28-13-14-6-2-1-3-7-14/h9-10,12,14,17,25H,1-8,11,13H2,(H,22,24). The van der Waals surface area contributed by atoms with Crippen LogP contribution in [-0.4, -0.2) is 47.2 Å². The average molecular weight is 470 g/mol. The van der Waals surface area contributed by atoms with E-state index >= 15 is 0 Å². The molecule has 1 aromatic heterocycles. The minimum absolute atomic E-state index is 0.167. The van der Waals surface area contributed by atoms with Gasteiger partial charge in [-0.25, -0.2) is 18.9 Å². The molecule has 1 saturated carbocycles. The van der Waals surface area contributed by atoms with E-state index in [1.165, 1.54) is 47.7 Å². The quantitative estimate of drug-likeness (QED) is 0.377. The zero-order chi connectivity index (χ0) is 21.1. The van der Waals surface area contributed by atoms with Gasteiger partial charge in [0.1, 0.15) is 6.04 Å². The number of hydroxylamine groups is 1. The predicted octanol–water partition coefficient (Wildman–Crippen LogP) is 4.02. The van der Waals surface area contributed by atoms with E-state index in [9.17, 15) is 13.2 Å². The summed E-state index contributed by atoms with van der Waals surface area (Å²) in [6, 6.07) is 4.09. The van der Waals surface area contributed by atoms with Crippen LogP contribution in [0.15, 0.2) is 27.4 Å². The van der Waals surface area contributed by atoms with Crippen molar-refractivity contribution in [2.24, 2.45) is 5.92 Å². The van der Waals surface area contributed by atoms with Crippen LogP contribution in [0, 0.1) is 5.92 Å². The number of nitrogens with one attached hydrogen (secondary N) is 1. The summed E-state index contributed by atoms with van der Waals surface area (Å²) in [7, 11) is -3.84. The number of benzene rings is 1. The summed E-state index contributed by atoms with van der Waals surface area (Å²) in [5, 5.41) is 9.00. The summed E-state index contributed by atoms with van der Waals surface area (Å²) in [5.41, 5.74) is 2.41. The van der Waals surface area contributed by atoms with Crippen LogP contribution in [0.1, 0.15) is 51.4 Å². The molecule has 2 aliphatic rings. The van der Waals surface area contributed by atoms with E-state index in [0.717, 1.165) is 32.6 Å². The van der Waals surface area contributed by atoms with Crippen molar-refractivity contribution in [3.8, 4) is 0 Å². The second-order valence-electron chi connectivity index (χ2n) is 8.03. The SMILES string of the molecule is O=C(NO)C1CCCCN1S(=O)(=O)c1ccc2nc(SCC3CCCCC3)sc2c1. The number of carbonyl (C=O) groups excluding carboxylic acids is 1. The number of nitrogens with zero attached hydrogens (tertiary/aromatic N) is 2. The highest BCUT2D eigenvalue weighted by Gasteiger charge is 2.37. The first-order chi connectivity index (χ1) is 14.5. The van der Waals surface area contributed by atoms with Crippen LogP contribution in [0.4, 0.5) is 0 Å². The number of thioether (sulfide) groups is 1. The summed E-state index contributed by atoms with van der Waals surface area (Å²) in [6.45, 7) is 0.267. The van der Waals surface area contributed by atoms with Crippen molar-refractivity contribution in [1.29, 1.82) is 0 Å². The third kappa shape index (κ3) is 4.67. The molecule has 1 saturated heterocycles. The average Bonchev–Trinajstić information content (AvgIpc) is 3.20. The molecule has 0 bridgehead atoms. The van der Waals surface area contributed by atoms with Gasteiger partial charge in [0.25, 0.3) is 5.91 Å². The minimum Gasteiger partial charge on any atom is -0.289 e. The van der Waals surface area contributed by atoms with Crippen molar-refractivity contribution in [2.75, 3.05) is 12.3 Å². The summed E-state index contributed by atoms with van der Waals surface area (Å²) in [4.78, 5) is 16.8. The van der Waals surface area contributed by atoms with E-state index in [2.05, 4.69) is 4.98 Å². The zero-order valence-electron chi connectivity index (χ0n) is 16.7. The smallest absolute Gasteiger partial charge is 0.261 e. The van der Waals surface area contributed by atoms with E-state index < -0.39 is 22.0 Å². The number of fused-ring (bicyclic) bond motifs is 1. The highest BCUT2D eigenvalue weighted by atomic mass is 32.2. The summed E-state index contributed by atoms with van der Waals surface area (Å²) in [6.07, 6.45) is 8.40. The molecule has 30 heavy (non-hydrogen) atoms. The maximum absolute atomic E-state index is 13.2. The molecule has 7 nitrogen and oxygen atoms in total. The van der Waals surface area contributed by atoms with Crippen molar-refractivity contribution >= 4 is 49.2 Å². The molecule has 1 amide bonds. The van der Waals surface area contributed by atoms with Crippen LogP contribution >= 0.6 is 23.1 Å². The molecular formula is C20H27N3O4S3. The molecule has 1 aliphatic carbocycles. The van der Waals surface area contributed by atoms with Gasteiger partial charge in [0.2, 0.25) is 10.0 Å². The van der Waals surface area contributed by atoms with Gasteiger partial charge in [-0.3, -0.25) is 10.0 Å². The van der Waals surface area contributed by atoms with E-state index in [1.54, 1.807) is 35.4 Å². The number of rotatable bonds is 6. The largest absolute Gasteiger partial charge is 0.289 e. The molecule has 164 valence electrons. The van der Waals surface area contributed by atoms with Crippen LogP contribution in [0.3, 0.4) is 0 Å². The van der Waals surface area contributed by atoms with Gasteiger partial charge in [0.15, 0.2) is 4.34 Å². The number of hydrogen-bond acceptors (Lipinski definition) is 7. The van der Waals surface area contributed by atoms with Crippen LogP contribution in [-0.2, 0) is 14.8 Å². The number of carbonyl (C=O) groups is 1. The van der Waals surface area contributed by atoms with Crippen molar-refractivity contribution < 1.29 is 18.4 Å². The van der Waals surface area contributed by atoms with Gasteiger partial charge in [-0.2, -0.15) is 4.31 Å². The molecule has 0 spiro atoms. The summed E-state index contributed by atoms with van der Waals surface area (Å²) in [5.74, 6) is 1.13. The van der Waals surface area contributed by atoms with E-state index in [-0.39, 0.29) is 11.4 Å². The van der Waals surface area contributed by atoms with Crippen molar-refractivity contribution in [1.82, 2.24) is 14.8 Å². The molecule has 1 aliphatic heterocycles. The van der Waals surface area contributed by atoms with Crippen LogP contribution in [0.5, 0.6) is 0 Å². The normalized spacial score (nSPS) is 21.7. The van der Waals surface area contributed by atoms with Crippen LogP contribution in [0.2, 0.25) is 0 Å². The topological polar surface area (TPSA) is 99.6 Å².